The summed E-state index contributed by atoms with van der Waals surface area (Å²) in [4.78, 5) is 38.9. The van der Waals surface area contributed by atoms with Gasteiger partial charge in [0.05, 0.1) is 24.8 Å². The van der Waals surface area contributed by atoms with Crippen molar-refractivity contribution in [2.75, 3.05) is 19.8 Å². The Bertz CT molecular complexity index is 1350. The lowest BCUT2D eigenvalue weighted by atomic mass is 10.1. The maximum absolute atomic E-state index is 13.0. The van der Waals surface area contributed by atoms with Gasteiger partial charge in [-0.05, 0) is 57.2 Å². The number of hydrogen-bond donors (Lipinski definition) is 3. The predicted molar refractivity (Wildman–Crippen MR) is 155 cm³/mol. The smallest absolute Gasteiger partial charge is 0.320 e. The number of aromatic nitrogens is 4. The van der Waals surface area contributed by atoms with Crippen molar-refractivity contribution in [1.82, 2.24) is 19.3 Å². The Morgan fingerprint density at radius 1 is 1.19 bits per heavy atom. The highest BCUT2D eigenvalue weighted by molar-refractivity contribution is 5.76. The molecular weight excluding hydrogens is 544 g/mol. The zero-order valence-corrected chi connectivity index (χ0v) is 25.0. The number of aliphatic carboxylic acids is 2. The summed E-state index contributed by atoms with van der Waals surface area (Å²) in [6, 6.07) is 6.43. The third-order valence-corrected chi connectivity index (χ3v) is 6.58. The summed E-state index contributed by atoms with van der Waals surface area (Å²) in [5, 5.41) is 23.9. The summed E-state index contributed by atoms with van der Waals surface area (Å²) >= 11 is 0. The number of hydrogen-bond acceptors (Lipinski definition) is 9. The third-order valence-electron chi connectivity index (χ3n) is 6.58. The van der Waals surface area contributed by atoms with Gasteiger partial charge in [-0.2, -0.15) is 5.10 Å². The molecule has 232 valence electrons. The quantitative estimate of drug-likeness (QED) is 0.191. The molecule has 0 saturated heterocycles. The van der Waals surface area contributed by atoms with Crippen LogP contribution >= 0.6 is 0 Å². The van der Waals surface area contributed by atoms with E-state index in [9.17, 15) is 19.5 Å². The lowest BCUT2D eigenvalue weighted by Gasteiger charge is -2.18. The van der Waals surface area contributed by atoms with Crippen LogP contribution in [0.2, 0.25) is 0 Å². The van der Waals surface area contributed by atoms with Gasteiger partial charge in [-0.3, -0.25) is 18.8 Å². The Balaban J connectivity index is 0.000000528. The van der Waals surface area contributed by atoms with Gasteiger partial charge in [0.1, 0.15) is 35.8 Å². The minimum atomic E-state index is -1.23. The van der Waals surface area contributed by atoms with E-state index in [4.69, 9.17) is 20.3 Å². The number of fused-ring (bicyclic) bond motifs is 1. The molecule has 0 aliphatic carbocycles. The van der Waals surface area contributed by atoms with E-state index in [0.29, 0.717) is 42.2 Å². The molecule has 0 aliphatic heterocycles. The van der Waals surface area contributed by atoms with E-state index in [2.05, 4.69) is 22.7 Å². The fourth-order valence-electron chi connectivity index (χ4n) is 4.36. The van der Waals surface area contributed by atoms with E-state index in [0.717, 1.165) is 43.5 Å². The molecule has 42 heavy (non-hydrogen) atoms. The Labute approximate surface area is 245 Å². The van der Waals surface area contributed by atoms with Crippen LogP contribution < -0.4 is 26.9 Å². The van der Waals surface area contributed by atoms with Gasteiger partial charge >= 0.3 is 5.97 Å². The average molecular weight is 589 g/mol. The highest BCUT2D eigenvalue weighted by Crippen LogP contribution is 2.16. The van der Waals surface area contributed by atoms with Gasteiger partial charge in [-0.1, -0.05) is 25.5 Å². The van der Waals surface area contributed by atoms with Gasteiger partial charge in [-0.25, -0.2) is 4.98 Å². The number of aryl methyl sites for hydroxylation is 3. The minimum Gasteiger partial charge on any atom is -0.547 e. The van der Waals surface area contributed by atoms with E-state index in [-0.39, 0.29) is 18.6 Å². The zero-order chi connectivity index (χ0) is 31.2. The molecule has 13 heteroatoms. The van der Waals surface area contributed by atoms with Crippen LogP contribution in [-0.4, -0.2) is 68.3 Å². The Kier molecular flexibility index (Phi) is 14.1. The molecule has 0 bridgehead atoms. The van der Waals surface area contributed by atoms with E-state index in [1.165, 1.54) is 0 Å². The van der Waals surface area contributed by atoms with Crippen molar-refractivity contribution in [2.45, 2.75) is 78.0 Å². The fourth-order valence-corrected chi connectivity index (χ4v) is 4.36. The van der Waals surface area contributed by atoms with E-state index < -0.39 is 24.1 Å². The summed E-state index contributed by atoms with van der Waals surface area (Å²) in [5.41, 5.74) is 11.6. The van der Waals surface area contributed by atoms with E-state index in [1.807, 2.05) is 6.92 Å². The second kappa shape index (κ2) is 17.2. The van der Waals surface area contributed by atoms with Crippen LogP contribution in [0.5, 0.6) is 5.75 Å². The van der Waals surface area contributed by atoms with Crippen LogP contribution in [0.25, 0.3) is 11.0 Å². The SMILES string of the molecule is CCCc1nn(C)c2c(=O)n(CCOc3ccc(C[C@H](OCC)C(=O)[O-])cc3)c(C)nc12.NC(CCCC[NH3+])C(=O)O. The maximum Gasteiger partial charge on any atom is 0.320 e. The number of carbonyl (C=O) groups excluding carboxylic acids is 1. The van der Waals surface area contributed by atoms with E-state index >= 15 is 0 Å². The van der Waals surface area contributed by atoms with Crippen LogP contribution in [0.15, 0.2) is 29.1 Å². The number of rotatable bonds is 16. The molecule has 1 unspecified atom stereocenters. The van der Waals surface area contributed by atoms with Gasteiger partial charge < -0.3 is 35.9 Å². The molecule has 0 fully saturated rings. The lowest BCUT2D eigenvalue weighted by molar-refractivity contribution is -0.368. The number of nitrogens with zero attached hydrogens (tertiary/aromatic N) is 4. The molecule has 3 rings (SSSR count). The van der Waals surface area contributed by atoms with Crippen molar-refractivity contribution in [2.24, 2.45) is 12.8 Å². The molecule has 2 heterocycles. The molecule has 2 aromatic heterocycles. The largest absolute Gasteiger partial charge is 0.547 e. The van der Waals surface area contributed by atoms with Crippen molar-refractivity contribution < 1.29 is 35.0 Å². The van der Waals surface area contributed by atoms with Crippen LogP contribution in [-0.2, 0) is 40.8 Å². The number of quaternary nitrogens is 1. The second-order valence-corrected chi connectivity index (χ2v) is 9.89. The predicted octanol–water partition coefficient (Wildman–Crippen LogP) is -0.0221. The molecule has 0 amide bonds. The van der Waals surface area contributed by atoms with Crippen LogP contribution in [0, 0.1) is 6.92 Å². The number of carboxylic acid groups (broad SMARTS) is 2. The van der Waals surface area contributed by atoms with Crippen molar-refractivity contribution in [3.05, 3.63) is 51.7 Å². The first-order valence-electron chi connectivity index (χ1n) is 14.3. The molecule has 3 aromatic rings. The molecule has 0 aliphatic rings. The first-order chi connectivity index (χ1) is 20.0. The number of nitrogens with two attached hydrogens (primary N) is 1. The number of unbranched alkanes of at least 4 members (excludes halogenated alkanes) is 1. The third kappa shape index (κ3) is 9.93. The monoisotopic (exact) mass is 588 g/mol. The summed E-state index contributed by atoms with van der Waals surface area (Å²) in [7, 11) is 1.76. The Hall–Kier alpha value is -3.81. The lowest BCUT2D eigenvalue weighted by Crippen LogP contribution is -2.50. The first-order valence-corrected chi connectivity index (χ1v) is 14.3. The van der Waals surface area contributed by atoms with Gasteiger partial charge in [0.25, 0.3) is 5.56 Å². The topological polar surface area (TPSA) is 202 Å². The molecule has 0 saturated carbocycles. The van der Waals surface area contributed by atoms with E-state index in [1.54, 1.807) is 47.5 Å². The Morgan fingerprint density at radius 3 is 2.45 bits per heavy atom. The highest BCUT2D eigenvalue weighted by Gasteiger charge is 2.17. The number of benzene rings is 1. The standard InChI is InChI=1S/C23H30N4O5.C6H14N2O2/c1-5-7-18-20-21(26(4)25-18)22(28)27(15(3)24-20)12-13-32-17-10-8-16(9-11-17)14-19(23(29)30)31-6-2;7-4-2-1-3-5(8)6(9)10/h8-11,19H,5-7,12-14H2,1-4H3,(H,29,30);5H,1-4,7-8H2,(H,9,10)/t19-;/m0./s1. The second-order valence-electron chi connectivity index (χ2n) is 9.89. The number of carboxylic acids is 2. The van der Waals surface area contributed by atoms with Crippen molar-refractivity contribution >= 4 is 23.0 Å². The van der Waals surface area contributed by atoms with Crippen molar-refractivity contribution in [3.8, 4) is 5.75 Å². The maximum atomic E-state index is 13.0. The van der Waals surface area contributed by atoms with Crippen molar-refractivity contribution in [3.63, 3.8) is 0 Å². The number of carbonyl (C=O) groups is 2. The summed E-state index contributed by atoms with van der Waals surface area (Å²) in [6.07, 6.45) is 3.33. The van der Waals surface area contributed by atoms with Crippen LogP contribution in [0.4, 0.5) is 0 Å². The number of ether oxygens (including phenoxy) is 2. The molecule has 13 nitrogen and oxygen atoms in total. The molecule has 6 N–H and O–H groups in total. The fraction of sp³-hybridized carbons (Fsp3) is 0.552. The van der Waals surface area contributed by atoms with Gasteiger partial charge in [-0.15, -0.1) is 0 Å². The van der Waals surface area contributed by atoms with Gasteiger partial charge in [0, 0.05) is 20.1 Å². The van der Waals surface area contributed by atoms with Gasteiger partial charge in [0.15, 0.2) is 5.52 Å². The molecule has 2 atom stereocenters. The average Bonchev–Trinajstić information content (AvgIpc) is 3.26. The summed E-state index contributed by atoms with van der Waals surface area (Å²) < 4.78 is 14.2. The molecule has 0 spiro atoms. The molecule has 1 aromatic carbocycles. The normalized spacial score (nSPS) is 12.4. The summed E-state index contributed by atoms with van der Waals surface area (Å²) in [6.45, 7) is 7.41. The molecule has 0 radical (unpaired) electrons. The molecular formula is C29H44N6O7. The summed E-state index contributed by atoms with van der Waals surface area (Å²) in [5.74, 6) is -0.894. The van der Waals surface area contributed by atoms with Gasteiger partial charge in [0.2, 0.25) is 0 Å². The van der Waals surface area contributed by atoms with Crippen LogP contribution in [0.3, 0.4) is 0 Å². The minimum absolute atomic E-state index is 0.131. The van der Waals surface area contributed by atoms with Crippen LogP contribution in [0.1, 0.15) is 56.6 Å². The highest BCUT2D eigenvalue weighted by atomic mass is 16.5. The first kappa shape index (κ1) is 34.4. The van der Waals surface area contributed by atoms with Crippen molar-refractivity contribution in [1.29, 1.82) is 0 Å². The zero-order valence-electron chi connectivity index (χ0n) is 25.0. The Morgan fingerprint density at radius 2 is 1.88 bits per heavy atom.